The van der Waals surface area contributed by atoms with Gasteiger partial charge in [-0.05, 0) is 34.1 Å². The summed E-state index contributed by atoms with van der Waals surface area (Å²) in [5.74, 6) is -1.40. The molecule has 1 aromatic rings. The van der Waals surface area contributed by atoms with Gasteiger partial charge in [0, 0.05) is 9.37 Å². The fraction of sp³-hybridized carbons (Fsp3) is 0.125. The van der Waals surface area contributed by atoms with E-state index in [1.54, 1.807) is 0 Å². The zero-order chi connectivity index (χ0) is 12.5. The number of carboxylic acids is 1. The van der Waals surface area contributed by atoms with Gasteiger partial charge in [-0.3, -0.25) is 0 Å². The Kier molecular flexibility index (Phi) is 3.74. The van der Waals surface area contributed by atoms with Crippen LogP contribution in [0.4, 0.5) is 13.2 Å². The van der Waals surface area contributed by atoms with Gasteiger partial charge in [0.2, 0.25) is 0 Å². The molecule has 1 N–H and O–H groups in total. The Labute approximate surface area is 98.9 Å². The van der Waals surface area contributed by atoms with Crippen LogP contribution >= 0.6 is 15.9 Å². The van der Waals surface area contributed by atoms with Gasteiger partial charge in [0.15, 0.2) is 10.8 Å². The van der Waals surface area contributed by atoms with E-state index in [-0.39, 0.29) is 10.0 Å². The molecule has 0 spiro atoms. The Morgan fingerprint density at radius 2 is 1.94 bits per heavy atom. The highest BCUT2D eigenvalue weighted by atomic mass is 79.9. The maximum absolute atomic E-state index is 12.1. The van der Waals surface area contributed by atoms with E-state index in [4.69, 9.17) is 5.11 Å². The van der Waals surface area contributed by atoms with Crippen LogP contribution in [0.15, 0.2) is 27.6 Å². The van der Waals surface area contributed by atoms with Crippen molar-refractivity contribution < 1.29 is 27.3 Å². The molecule has 0 saturated carbocycles. The molecule has 1 unspecified atom stereocenters. The summed E-state index contributed by atoms with van der Waals surface area (Å²) < 4.78 is 47.4. The normalized spacial score (nSPS) is 13.5. The predicted molar refractivity (Wildman–Crippen MR) is 53.6 cm³/mol. The molecule has 0 aliphatic rings. The smallest absolute Gasteiger partial charge is 0.475 e. The molecule has 0 amide bonds. The number of aromatic carboxylic acids is 1. The van der Waals surface area contributed by atoms with Crippen molar-refractivity contribution in [3.05, 3.63) is 28.2 Å². The Hall–Kier alpha value is -0.890. The number of alkyl halides is 3. The molecule has 0 aliphatic carbocycles. The molecule has 0 saturated heterocycles. The molecule has 0 aromatic heterocycles. The second kappa shape index (κ2) is 4.54. The van der Waals surface area contributed by atoms with Crippen LogP contribution in [0.5, 0.6) is 0 Å². The van der Waals surface area contributed by atoms with Crippen molar-refractivity contribution in [2.75, 3.05) is 0 Å². The largest absolute Gasteiger partial charge is 0.478 e. The first-order valence-corrected chi connectivity index (χ1v) is 5.69. The Balaban J connectivity index is 3.24. The zero-order valence-electron chi connectivity index (χ0n) is 7.42. The monoisotopic (exact) mass is 316 g/mol. The van der Waals surface area contributed by atoms with Gasteiger partial charge in [-0.25, -0.2) is 9.00 Å². The molecular formula is C8H4BrF3O3S. The van der Waals surface area contributed by atoms with Gasteiger partial charge < -0.3 is 5.11 Å². The van der Waals surface area contributed by atoms with Crippen LogP contribution < -0.4 is 0 Å². The molecule has 1 aromatic carbocycles. The van der Waals surface area contributed by atoms with Gasteiger partial charge in [-0.1, -0.05) is 0 Å². The van der Waals surface area contributed by atoms with Crippen molar-refractivity contribution in [2.45, 2.75) is 10.4 Å². The second-order valence-corrected chi connectivity index (χ2v) is 4.99. The van der Waals surface area contributed by atoms with Crippen molar-refractivity contribution in [1.29, 1.82) is 0 Å². The quantitative estimate of drug-likeness (QED) is 0.912. The molecule has 16 heavy (non-hydrogen) atoms. The molecule has 0 fully saturated rings. The highest BCUT2D eigenvalue weighted by Crippen LogP contribution is 2.28. The van der Waals surface area contributed by atoms with Crippen molar-refractivity contribution in [1.82, 2.24) is 0 Å². The first-order valence-electron chi connectivity index (χ1n) is 3.75. The SMILES string of the molecule is O=C(O)c1cc(S(=O)C(F)(F)F)ccc1Br. The molecule has 0 bridgehead atoms. The second-order valence-electron chi connectivity index (χ2n) is 2.66. The van der Waals surface area contributed by atoms with Gasteiger partial charge in [-0.2, -0.15) is 13.2 Å². The molecule has 88 valence electrons. The van der Waals surface area contributed by atoms with Gasteiger partial charge in [0.25, 0.3) is 0 Å². The topological polar surface area (TPSA) is 54.4 Å². The molecule has 0 aliphatic heterocycles. The van der Waals surface area contributed by atoms with E-state index in [0.717, 1.165) is 18.2 Å². The van der Waals surface area contributed by atoms with Crippen LogP contribution in [0.2, 0.25) is 0 Å². The highest BCUT2D eigenvalue weighted by Gasteiger charge is 2.38. The van der Waals surface area contributed by atoms with Crippen LogP contribution in [0.1, 0.15) is 10.4 Å². The lowest BCUT2D eigenvalue weighted by atomic mass is 10.2. The Morgan fingerprint density at radius 1 is 1.38 bits per heavy atom. The summed E-state index contributed by atoms with van der Waals surface area (Å²) in [6.45, 7) is 0. The molecule has 1 atom stereocenters. The fourth-order valence-corrected chi connectivity index (χ4v) is 2.02. The third kappa shape index (κ3) is 2.82. The van der Waals surface area contributed by atoms with E-state index >= 15 is 0 Å². The summed E-state index contributed by atoms with van der Waals surface area (Å²) >= 11 is 2.87. The van der Waals surface area contributed by atoms with E-state index in [0.29, 0.717) is 0 Å². The number of carbonyl (C=O) groups is 1. The lowest BCUT2D eigenvalue weighted by molar-refractivity contribution is -0.0384. The lowest BCUT2D eigenvalue weighted by Gasteiger charge is -2.07. The van der Waals surface area contributed by atoms with Crippen LogP contribution in [0.25, 0.3) is 0 Å². The van der Waals surface area contributed by atoms with E-state index in [1.807, 2.05) is 0 Å². The maximum Gasteiger partial charge on any atom is 0.475 e. The molecule has 8 heteroatoms. The summed E-state index contributed by atoms with van der Waals surface area (Å²) in [4.78, 5) is 10.0. The van der Waals surface area contributed by atoms with Crippen LogP contribution in [-0.2, 0) is 10.8 Å². The first kappa shape index (κ1) is 13.2. The molecule has 1 rings (SSSR count). The number of carboxylic acid groups (broad SMARTS) is 1. The number of hydrogen-bond acceptors (Lipinski definition) is 2. The Bertz CT molecular complexity index is 458. The summed E-state index contributed by atoms with van der Waals surface area (Å²) in [6.07, 6.45) is 0. The molecule has 0 radical (unpaired) electrons. The lowest BCUT2D eigenvalue weighted by Crippen LogP contribution is -2.16. The van der Waals surface area contributed by atoms with Crippen molar-refractivity contribution in [3.8, 4) is 0 Å². The summed E-state index contributed by atoms with van der Waals surface area (Å²) in [6, 6.07) is 2.80. The molecule has 0 heterocycles. The van der Waals surface area contributed by atoms with E-state index in [2.05, 4.69) is 15.9 Å². The van der Waals surface area contributed by atoms with Crippen molar-refractivity contribution in [3.63, 3.8) is 0 Å². The van der Waals surface area contributed by atoms with E-state index in [9.17, 15) is 22.2 Å². The molecule has 3 nitrogen and oxygen atoms in total. The van der Waals surface area contributed by atoms with Crippen LogP contribution in [0.3, 0.4) is 0 Å². The minimum Gasteiger partial charge on any atom is -0.478 e. The average Bonchev–Trinajstić information content (AvgIpc) is 2.15. The summed E-state index contributed by atoms with van der Waals surface area (Å²) in [7, 11) is -3.22. The first-order chi connectivity index (χ1) is 7.23. The third-order valence-corrected chi connectivity index (χ3v) is 3.39. The number of hydrogen-bond donors (Lipinski definition) is 1. The van der Waals surface area contributed by atoms with Gasteiger partial charge in [-0.15, -0.1) is 0 Å². The van der Waals surface area contributed by atoms with Crippen molar-refractivity contribution in [2.24, 2.45) is 0 Å². The predicted octanol–water partition coefficient (Wildman–Crippen LogP) is 2.77. The average molecular weight is 317 g/mol. The Morgan fingerprint density at radius 3 is 2.38 bits per heavy atom. The van der Waals surface area contributed by atoms with Crippen LogP contribution in [0, 0.1) is 0 Å². The van der Waals surface area contributed by atoms with Gasteiger partial charge in [0.05, 0.1) is 5.56 Å². The number of halogens is 4. The highest BCUT2D eigenvalue weighted by molar-refractivity contribution is 9.10. The zero-order valence-corrected chi connectivity index (χ0v) is 9.82. The molecular weight excluding hydrogens is 313 g/mol. The number of benzene rings is 1. The van der Waals surface area contributed by atoms with Crippen molar-refractivity contribution >= 4 is 32.7 Å². The number of rotatable bonds is 2. The van der Waals surface area contributed by atoms with E-state index < -0.39 is 27.2 Å². The summed E-state index contributed by atoms with van der Waals surface area (Å²) in [5.41, 5.74) is -5.26. The van der Waals surface area contributed by atoms with Gasteiger partial charge in [0.1, 0.15) is 0 Å². The minimum absolute atomic E-state index is 0.128. The van der Waals surface area contributed by atoms with Crippen LogP contribution in [-0.4, -0.2) is 20.8 Å². The van der Waals surface area contributed by atoms with Gasteiger partial charge >= 0.3 is 11.5 Å². The maximum atomic E-state index is 12.1. The minimum atomic E-state index is -4.90. The van der Waals surface area contributed by atoms with E-state index in [1.165, 1.54) is 0 Å². The fourth-order valence-electron chi connectivity index (χ4n) is 0.917. The standard InChI is InChI=1S/C8H4BrF3O3S/c9-6-2-1-4(3-5(6)7(13)14)16(15)8(10,11)12/h1-3H,(H,13,14). The summed E-state index contributed by atoms with van der Waals surface area (Å²) in [5, 5.41) is 8.66. The third-order valence-electron chi connectivity index (χ3n) is 1.59.